The number of rotatable bonds is 2. The molecule has 0 fully saturated rings. The van der Waals surface area contributed by atoms with Gasteiger partial charge in [-0.25, -0.2) is 0 Å². The van der Waals surface area contributed by atoms with Crippen molar-refractivity contribution in [1.29, 1.82) is 0 Å². The van der Waals surface area contributed by atoms with Crippen molar-refractivity contribution in [3.05, 3.63) is 146 Å². The predicted molar refractivity (Wildman–Crippen MR) is 175 cm³/mol. The van der Waals surface area contributed by atoms with Gasteiger partial charge in [0, 0.05) is 16.2 Å². The maximum atomic E-state index is 6.62. The summed E-state index contributed by atoms with van der Waals surface area (Å²) in [4.78, 5) is 0. The summed E-state index contributed by atoms with van der Waals surface area (Å²) in [6.45, 7) is 0. The van der Waals surface area contributed by atoms with E-state index < -0.39 is 0 Å². The van der Waals surface area contributed by atoms with Crippen LogP contribution in [-0.4, -0.2) is 0 Å². The van der Waals surface area contributed by atoms with Crippen LogP contribution in [0.15, 0.2) is 150 Å². The molecule has 0 aliphatic rings. The summed E-state index contributed by atoms with van der Waals surface area (Å²) in [5, 5.41) is 12.2. The Kier molecular flexibility index (Phi) is 4.67. The zero-order valence-electron chi connectivity index (χ0n) is 22.3. The number of furan rings is 1. The second kappa shape index (κ2) is 8.55. The summed E-state index contributed by atoms with van der Waals surface area (Å²) in [5.41, 5.74) is 6.86. The first-order chi connectivity index (χ1) is 20.4. The van der Waals surface area contributed by atoms with Gasteiger partial charge in [0.05, 0.1) is 0 Å². The number of hydrogen-bond acceptors (Lipinski definition) is 1. The van der Waals surface area contributed by atoms with Crippen molar-refractivity contribution in [1.82, 2.24) is 0 Å². The minimum atomic E-state index is 0.916. The molecule has 0 radical (unpaired) electrons. The maximum Gasteiger partial charge on any atom is 0.143 e. The second-order valence-corrected chi connectivity index (χ2v) is 10.8. The minimum absolute atomic E-state index is 0.916. The van der Waals surface area contributed by atoms with Gasteiger partial charge in [-0.1, -0.05) is 133 Å². The zero-order chi connectivity index (χ0) is 26.9. The highest BCUT2D eigenvalue weighted by Gasteiger charge is 2.19. The molecule has 1 aromatic heterocycles. The molecule has 1 heterocycles. The molecule has 41 heavy (non-hydrogen) atoms. The average Bonchev–Trinajstić information content (AvgIpc) is 3.43. The molecule has 0 spiro atoms. The van der Waals surface area contributed by atoms with Gasteiger partial charge in [0.1, 0.15) is 11.2 Å². The van der Waals surface area contributed by atoms with Gasteiger partial charge in [0.15, 0.2) is 0 Å². The van der Waals surface area contributed by atoms with Crippen molar-refractivity contribution in [2.24, 2.45) is 0 Å². The van der Waals surface area contributed by atoms with E-state index in [0.29, 0.717) is 0 Å². The topological polar surface area (TPSA) is 13.1 Å². The van der Waals surface area contributed by atoms with Gasteiger partial charge in [-0.15, -0.1) is 0 Å². The van der Waals surface area contributed by atoms with Gasteiger partial charge < -0.3 is 4.42 Å². The molecule has 1 heteroatoms. The molecule has 9 rings (SSSR count). The van der Waals surface area contributed by atoms with Crippen molar-refractivity contribution in [3.8, 4) is 22.3 Å². The second-order valence-electron chi connectivity index (χ2n) is 10.8. The Morgan fingerprint density at radius 3 is 1.39 bits per heavy atom. The van der Waals surface area contributed by atoms with Gasteiger partial charge in [0.25, 0.3) is 0 Å². The molecule has 190 valence electrons. The van der Waals surface area contributed by atoms with Crippen molar-refractivity contribution in [2.45, 2.75) is 0 Å². The number of fused-ring (bicyclic) bond motifs is 10. The van der Waals surface area contributed by atoms with E-state index in [1.54, 1.807) is 0 Å². The van der Waals surface area contributed by atoms with E-state index in [1.165, 1.54) is 65.3 Å². The van der Waals surface area contributed by atoms with Gasteiger partial charge >= 0.3 is 0 Å². The van der Waals surface area contributed by atoms with Gasteiger partial charge in [0.2, 0.25) is 0 Å². The van der Waals surface area contributed by atoms with Crippen LogP contribution in [0.25, 0.3) is 87.3 Å². The molecule has 0 aliphatic heterocycles. The van der Waals surface area contributed by atoms with E-state index in [1.807, 2.05) is 0 Å². The van der Waals surface area contributed by atoms with Crippen LogP contribution in [0.5, 0.6) is 0 Å². The lowest BCUT2D eigenvalue weighted by Crippen LogP contribution is -1.90. The standard InChI is InChI=1S/C40H24O/c1-2-12-25(13-3-1)37-30-17-7-9-19-32(30)38(33-20-10-8-18-31(33)37)26-22-23-36-35(24-26)39-29-16-6-4-14-27(29)28-15-5-11-21-34(28)40(39)41-36/h1-24H. The molecule has 0 saturated carbocycles. The summed E-state index contributed by atoms with van der Waals surface area (Å²) < 4.78 is 6.62. The van der Waals surface area contributed by atoms with E-state index in [9.17, 15) is 0 Å². The summed E-state index contributed by atoms with van der Waals surface area (Å²) in [6.07, 6.45) is 0. The molecule has 0 aliphatic carbocycles. The highest BCUT2D eigenvalue weighted by Crippen LogP contribution is 2.46. The molecular weight excluding hydrogens is 496 g/mol. The first kappa shape index (κ1) is 22.4. The Morgan fingerprint density at radius 1 is 0.317 bits per heavy atom. The van der Waals surface area contributed by atoms with Gasteiger partial charge in [-0.3, -0.25) is 0 Å². The largest absolute Gasteiger partial charge is 0.455 e. The van der Waals surface area contributed by atoms with Crippen molar-refractivity contribution in [3.63, 3.8) is 0 Å². The van der Waals surface area contributed by atoms with Crippen LogP contribution >= 0.6 is 0 Å². The molecule has 0 bridgehead atoms. The Bertz CT molecular complexity index is 2410. The van der Waals surface area contributed by atoms with Crippen LogP contribution in [-0.2, 0) is 0 Å². The fourth-order valence-electron chi connectivity index (χ4n) is 6.92. The molecule has 1 nitrogen and oxygen atoms in total. The van der Waals surface area contributed by atoms with Gasteiger partial charge in [-0.2, -0.15) is 0 Å². The molecule has 0 saturated heterocycles. The van der Waals surface area contributed by atoms with E-state index in [4.69, 9.17) is 4.42 Å². The van der Waals surface area contributed by atoms with Crippen molar-refractivity contribution < 1.29 is 4.42 Å². The third-order valence-electron chi connectivity index (χ3n) is 8.63. The Morgan fingerprint density at radius 2 is 0.780 bits per heavy atom. The Hall–Kier alpha value is -5.40. The molecule has 0 amide bonds. The third-order valence-corrected chi connectivity index (χ3v) is 8.63. The summed E-state index contributed by atoms with van der Waals surface area (Å²) >= 11 is 0. The lowest BCUT2D eigenvalue weighted by molar-refractivity contribution is 0.673. The van der Waals surface area contributed by atoms with Crippen LogP contribution in [0, 0.1) is 0 Å². The first-order valence-corrected chi connectivity index (χ1v) is 14.1. The normalized spacial score (nSPS) is 11.9. The Balaban J connectivity index is 1.43. The summed E-state index contributed by atoms with van der Waals surface area (Å²) in [6, 6.07) is 52.4. The van der Waals surface area contributed by atoms with Crippen molar-refractivity contribution >= 4 is 65.0 Å². The molecule has 0 unspecified atom stereocenters. The molecule has 0 atom stereocenters. The summed E-state index contributed by atoms with van der Waals surface area (Å²) in [5.74, 6) is 0. The lowest BCUT2D eigenvalue weighted by atomic mass is 9.85. The number of benzene rings is 8. The number of hydrogen-bond donors (Lipinski definition) is 0. The maximum absolute atomic E-state index is 6.62. The Labute approximate surface area is 236 Å². The first-order valence-electron chi connectivity index (χ1n) is 14.1. The fraction of sp³-hybridized carbons (Fsp3) is 0. The average molecular weight is 521 g/mol. The molecule has 9 aromatic rings. The highest BCUT2D eigenvalue weighted by molar-refractivity contribution is 6.31. The van der Waals surface area contributed by atoms with E-state index in [0.717, 1.165) is 21.9 Å². The van der Waals surface area contributed by atoms with Crippen LogP contribution in [0.2, 0.25) is 0 Å². The smallest absolute Gasteiger partial charge is 0.143 e. The van der Waals surface area contributed by atoms with Crippen molar-refractivity contribution in [2.75, 3.05) is 0 Å². The third kappa shape index (κ3) is 3.18. The lowest BCUT2D eigenvalue weighted by Gasteiger charge is -2.17. The van der Waals surface area contributed by atoms with E-state index >= 15 is 0 Å². The quantitative estimate of drug-likeness (QED) is 0.163. The van der Waals surface area contributed by atoms with E-state index in [-0.39, 0.29) is 0 Å². The summed E-state index contributed by atoms with van der Waals surface area (Å²) in [7, 11) is 0. The molecule has 0 N–H and O–H groups in total. The van der Waals surface area contributed by atoms with Crippen LogP contribution in [0.4, 0.5) is 0 Å². The molecule has 8 aromatic carbocycles. The minimum Gasteiger partial charge on any atom is -0.455 e. The predicted octanol–water partition coefficient (Wildman–Crippen LogP) is 11.5. The molecular formula is C40H24O. The zero-order valence-corrected chi connectivity index (χ0v) is 22.3. The highest BCUT2D eigenvalue weighted by atomic mass is 16.3. The fourth-order valence-corrected chi connectivity index (χ4v) is 6.92. The SMILES string of the molecule is c1ccc(-c2c3ccccc3c(-c3ccc4oc5c6ccccc6c6ccccc6c5c4c3)c3ccccc23)cc1. The van der Waals surface area contributed by atoms with Crippen LogP contribution in [0.3, 0.4) is 0 Å². The monoisotopic (exact) mass is 520 g/mol. The van der Waals surface area contributed by atoms with Gasteiger partial charge in [-0.05, 0) is 72.1 Å². The van der Waals surface area contributed by atoms with E-state index in [2.05, 4.69) is 146 Å². The van der Waals surface area contributed by atoms with Crippen LogP contribution in [0.1, 0.15) is 0 Å². The van der Waals surface area contributed by atoms with Crippen LogP contribution < -0.4 is 0 Å².